The van der Waals surface area contributed by atoms with E-state index in [1.165, 1.54) is 4.31 Å². The summed E-state index contributed by atoms with van der Waals surface area (Å²) in [6, 6.07) is -0.674. The zero-order valence-electron chi connectivity index (χ0n) is 11.3. The molecule has 0 radical (unpaired) electrons. The van der Waals surface area contributed by atoms with Gasteiger partial charge in [0.2, 0.25) is 0 Å². The van der Waals surface area contributed by atoms with Crippen molar-refractivity contribution >= 4 is 16.2 Å². The number of hydrogen-bond acceptors (Lipinski definition) is 3. The Morgan fingerprint density at radius 2 is 1.56 bits per heavy atom. The van der Waals surface area contributed by atoms with Crippen molar-refractivity contribution < 1.29 is 13.2 Å². The van der Waals surface area contributed by atoms with Crippen molar-refractivity contribution in [2.45, 2.75) is 52.0 Å². The van der Waals surface area contributed by atoms with Gasteiger partial charge in [-0.25, -0.2) is 9.52 Å². The highest BCUT2D eigenvalue weighted by molar-refractivity contribution is 7.87. The fourth-order valence-corrected chi connectivity index (χ4v) is 2.98. The van der Waals surface area contributed by atoms with Crippen LogP contribution in [0.2, 0.25) is 0 Å². The summed E-state index contributed by atoms with van der Waals surface area (Å²) in [7, 11) is -3.71. The lowest BCUT2D eigenvalue weighted by Crippen LogP contribution is -2.52. The van der Waals surface area contributed by atoms with Crippen LogP contribution in [0.1, 0.15) is 46.5 Å². The predicted octanol–water partition coefficient (Wildman–Crippen LogP) is 1.20. The van der Waals surface area contributed by atoms with E-state index in [2.05, 4.69) is 10.0 Å². The minimum Gasteiger partial charge on any atom is -0.333 e. The van der Waals surface area contributed by atoms with E-state index in [1.54, 1.807) is 20.8 Å². The fraction of sp³-hybridized carbons (Fsp3) is 0.909. The molecule has 1 fully saturated rings. The number of nitrogens with one attached hydrogen (secondary N) is 2. The lowest BCUT2D eigenvalue weighted by molar-refractivity contribution is 0.236. The Morgan fingerprint density at radius 1 is 1.06 bits per heavy atom. The molecule has 0 atom stereocenters. The smallest absolute Gasteiger partial charge is 0.329 e. The average molecular weight is 277 g/mol. The van der Waals surface area contributed by atoms with Crippen molar-refractivity contribution in [3.8, 4) is 0 Å². The topological polar surface area (TPSA) is 78.5 Å². The lowest BCUT2D eigenvalue weighted by Gasteiger charge is -2.24. The second-order valence-electron chi connectivity index (χ2n) is 5.62. The largest absolute Gasteiger partial charge is 0.333 e. The standard InChI is InChI=1S/C11H23N3O3S/c1-11(2,3)12-10(15)13-18(16,17)14-8-6-4-5-7-9-14/h4-9H2,1-3H3,(H2,12,13,15). The van der Waals surface area contributed by atoms with Crippen LogP contribution in [-0.4, -0.2) is 37.4 Å². The number of urea groups is 1. The van der Waals surface area contributed by atoms with Crippen molar-refractivity contribution in [3.63, 3.8) is 0 Å². The molecule has 0 spiro atoms. The molecule has 106 valence electrons. The summed E-state index contributed by atoms with van der Waals surface area (Å²) in [5.74, 6) is 0. The van der Waals surface area contributed by atoms with Gasteiger partial charge < -0.3 is 5.32 Å². The molecule has 2 N–H and O–H groups in total. The quantitative estimate of drug-likeness (QED) is 0.796. The molecule has 18 heavy (non-hydrogen) atoms. The minimum absolute atomic E-state index is 0.460. The third-order valence-corrected chi connectivity index (χ3v) is 4.10. The molecule has 7 heteroatoms. The Morgan fingerprint density at radius 3 is 2.00 bits per heavy atom. The molecular weight excluding hydrogens is 254 g/mol. The predicted molar refractivity (Wildman–Crippen MR) is 70.4 cm³/mol. The second kappa shape index (κ2) is 5.88. The van der Waals surface area contributed by atoms with Gasteiger partial charge >= 0.3 is 16.2 Å². The van der Waals surface area contributed by atoms with Gasteiger partial charge in [-0.3, -0.25) is 0 Å². The highest BCUT2D eigenvalue weighted by Gasteiger charge is 2.26. The van der Waals surface area contributed by atoms with Crippen molar-refractivity contribution in [3.05, 3.63) is 0 Å². The van der Waals surface area contributed by atoms with E-state index < -0.39 is 21.8 Å². The maximum Gasteiger partial charge on any atom is 0.329 e. The minimum atomic E-state index is -3.71. The van der Waals surface area contributed by atoms with Gasteiger partial charge in [0.1, 0.15) is 0 Å². The molecule has 0 bridgehead atoms. The number of nitrogens with zero attached hydrogens (tertiary/aromatic N) is 1. The van der Waals surface area contributed by atoms with E-state index in [4.69, 9.17) is 0 Å². The number of carbonyl (C=O) groups is 1. The molecule has 1 aliphatic heterocycles. The zero-order valence-corrected chi connectivity index (χ0v) is 12.1. The monoisotopic (exact) mass is 277 g/mol. The molecule has 0 saturated carbocycles. The Labute approximate surface area is 109 Å². The molecule has 0 aliphatic carbocycles. The SMILES string of the molecule is CC(C)(C)NC(=O)NS(=O)(=O)N1CCCCCC1. The van der Waals surface area contributed by atoms with Gasteiger partial charge in [0.15, 0.2) is 0 Å². The van der Waals surface area contributed by atoms with Crippen molar-refractivity contribution in [2.75, 3.05) is 13.1 Å². The molecule has 0 aromatic carbocycles. The number of hydrogen-bond donors (Lipinski definition) is 2. The summed E-state index contributed by atoms with van der Waals surface area (Å²) in [4.78, 5) is 11.6. The van der Waals surface area contributed by atoms with Gasteiger partial charge in [-0.2, -0.15) is 12.7 Å². The van der Waals surface area contributed by atoms with Crippen molar-refractivity contribution in [1.82, 2.24) is 14.3 Å². The zero-order chi connectivity index (χ0) is 13.8. The summed E-state index contributed by atoms with van der Waals surface area (Å²) in [5, 5.41) is 2.57. The molecule has 0 aromatic heterocycles. The van der Waals surface area contributed by atoms with E-state index in [0.29, 0.717) is 13.1 Å². The normalized spacial score (nSPS) is 19.1. The van der Waals surface area contributed by atoms with Gasteiger partial charge in [0.05, 0.1) is 0 Å². The molecule has 6 nitrogen and oxygen atoms in total. The third kappa shape index (κ3) is 5.22. The summed E-state index contributed by atoms with van der Waals surface area (Å²) in [6.45, 7) is 6.36. The lowest BCUT2D eigenvalue weighted by atomic mass is 10.1. The van der Waals surface area contributed by atoms with Gasteiger partial charge in [-0.1, -0.05) is 12.8 Å². The second-order valence-corrected chi connectivity index (χ2v) is 7.30. The van der Waals surface area contributed by atoms with Gasteiger partial charge in [-0.15, -0.1) is 0 Å². The van der Waals surface area contributed by atoms with Gasteiger partial charge in [0, 0.05) is 18.6 Å². The van der Waals surface area contributed by atoms with Crippen LogP contribution >= 0.6 is 0 Å². The summed E-state index contributed by atoms with van der Waals surface area (Å²) in [6.07, 6.45) is 3.78. The molecule has 0 aromatic rings. The first-order valence-electron chi connectivity index (χ1n) is 6.31. The Hall–Kier alpha value is -0.820. The van der Waals surface area contributed by atoms with Crippen LogP contribution in [0.4, 0.5) is 4.79 Å². The van der Waals surface area contributed by atoms with E-state index >= 15 is 0 Å². The highest BCUT2D eigenvalue weighted by atomic mass is 32.2. The average Bonchev–Trinajstić information content (AvgIpc) is 2.40. The maximum absolute atomic E-state index is 12.0. The molecule has 1 aliphatic rings. The highest BCUT2D eigenvalue weighted by Crippen LogP contribution is 2.12. The van der Waals surface area contributed by atoms with Crippen LogP contribution in [0.15, 0.2) is 0 Å². The number of carbonyl (C=O) groups excluding carboxylic acids is 1. The maximum atomic E-state index is 12.0. The van der Waals surface area contributed by atoms with Crippen molar-refractivity contribution in [1.29, 1.82) is 0 Å². The molecular formula is C11H23N3O3S. The van der Waals surface area contributed by atoms with Gasteiger partial charge in [0.25, 0.3) is 0 Å². The van der Waals surface area contributed by atoms with Crippen LogP contribution < -0.4 is 10.0 Å². The Balaban J connectivity index is 2.60. The third-order valence-electron chi connectivity index (χ3n) is 2.62. The summed E-state index contributed by atoms with van der Waals surface area (Å²) >= 11 is 0. The summed E-state index contributed by atoms with van der Waals surface area (Å²) < 4.78 is 27.4. The molecule has 1 rings (SSSR count). The molecule has 1 saturated heterocycles. The number of amides is 2. The van der Waals surface area contributed by atoms with Crippen LogP contribution in [-0.2, 0) is 10.2 Å². The first kappa shape index (κ1) is 15.2. The number of rotatable bonds is 2. The van der Waals surface area contributed by atoms with E-state index in [1.807, 2.05) is 0 Å². The van der Waals surface area contributed by atoms with Crippen LogP contribution in [0.3, 0.4) is 0 Å². The van der Waals surface area contributed by atoms with Gasteiger partial charge in [-0.05, 0) is 33.6 Å². The molecule has 2 amide bonds. The van der Waals surface area contributed by atoms with Crippen LogP contribution in [0, 0.1) is 0 Å². The van der Waals surface area contributed by atoms with Crippen molar-refractivity contribution in [2.24, 2.45) is 0 Å². The molecule has 0 unspecified atom stereocenters. The Bertz CT molecular complexity index is 379. The van der Waals surface area contributed by atoms with E-state index in [0.717, 1.165) is 25.7 Å². The van der Waals surface area contributed by atoms with Crippen LogP contribution in [0.5, 0.6) is 0 Å². The summed E-state index contributed by atoms with van der Waals surface area (Å²) in [5.41, 5.74) is -0.460. The van der Waals surface area contributed by atoms with E-state index in [-0.39, 0.29) is 0 Å². The Kier molecular flexibility index (Phi) is 4.98. The first-order chi connectivity index (χ1) is 8.21. The molecule has 1 heterocycles. The van der Waals surface area contributed by atoms with Crippen LogP contribution in [0.25, 0.3) is 0 Å². The first-order valence-corrected chi connectivity index (χ1v) is 7.75. The fourth-order valence-electron chi connectivity index (χ4n) is 1.83. The van der Waals surface area contributed by atoms with E-state index in [9.17, 15) is 13.2 Å².